The molecule has 3 aliphatic heterocycles. The van der Waals surface area contributed by atoms with Crippen LogP contribution < -0.4 is 25.4 Å². The van der Waals surface area contributed by atoms with Crippen LogP contribution in [0.5, 0.6) is 17.2 Å². The van der Waals surface area contributed by atoms with E-state index >= 15 is 0 Å². The zero-order valence-corrected chi connectivity index (χ0v) is 24.3. The second-order valence-corrected chi connectivity index (χ2v) is 12.2. The number of hydrogen-bond acceptors (Lipinski definition) is 7. The zero-order chi connectivity index (χ0) is 30.8. The van der Waals surface area contributed by atoms with E-state index in [1.165, 1.54) is 12.1 Å². The fourth-order valence-electron chi connectivity index (χ4n) is 6.72. The largest absolute Gasteiger partial charge is 0.484 e. The summed E-state index contributed by atoms with van der Waals surface area (Å²) in [6.07, 6.45) is -2.16. The molecule has 4 atom stereocenters. The highest BCUT2D eigenvalue weighted by Crippen LogP contribution is 2.62. The number of alkyl halides is 3. The van der Waals surface area contributed by atoms with Crippen molar-refractivity contribution in [2.75, 3.05) is 25.0 Å². The molecule has 1 saturated carbocycles. The monoisotopic (exact) mass is 607 g/mol. The van der Waals surface area contributed by atoms with E-state index in [1.807, 2.05) is 30.9 Å². The summed E-state index contributed by atoms with van der Waals surface area (Å²) in [7, 11) is 0. The van der Waals surface area contributed by atoms with Crippen LogP contribution in [0.15, 0.2) is 48.7 Å². The molecule has 44 heavy (non-hydrogen) atoms. The Morgan fingerprint density at radius 3 is 2.84 bits per heavy atom. The molecule has 0 radical (unpaired) electrons. The highest BCUT2D eigenvalue weighted by molar-refractivity contribution is 5.95. The van der Waals surface area contributed by atoms with E-state index in [2.05, 4.69) is 20.9 Å². The predicted molar refractivity (Wildman–Crippen MR) is 155 cm³/mol. The molecule has 12 heteroatoms. The average molecular weight is 608 g/mol. The van der Waals surface area contributed by atoms with Gasteiger partial charge in [-0.15, -0.1) is 0 Å². The number of nitrogens with zero attached hydrogens (tertiary/aromatic N) is 2. The maximum absolute atomic E-state index is 14.1. The maximum Gasteiger partial charge on any atom is 0.416 e. The van der Waals surface area contributed by atoms with Crippen LogP contribution >= 0.6 is 0 Å². The van der Waals surface area contributed by atoms with Gasteiger partial charge in [-0.2, -0.15) is 13.2 Å². The lowest BCUT2D eigenvalue weighted by Crippen LogP contribution is -2.48. The first-order chi connectivity index (χ1) is 21.0. The van der Waals surface area contributed by atoms with Gasteiger partial charge in [0.2, 0.25) is 5.91 Å². The van der Waals surface area contributed by atoms with Gasteiger partial charge in [-0.25, -0.2) is 4.98 Å². The molecule has 2 aromatic carbocycles. The summed E-state index contributed by atoms with van der Waals surface area (Å²) in [6, 6.07) is 10.8. The molecule has 0 spiro atoms. The van der Waals surface area contributed by atoms with E-state index in [0.717, 1.165) is 17.2 Å². The summed E-state index contributed by atoms with van der Waals surface area (Å²) in [5.41, 5.74) is 0.263. The van der Waals surface area contributed by atoms with Crippen LogP contribution in [0, 0.1) is 0 Å². The molecule has 0 bridgehead atoms. The third-order valence-electron chi connectivity index (χ3n) is 9.02. The van der Waals surface area contributed by atoms with Crippen molar-refractivity contribution >= 4 is 17.6 Å². The number of aromatic nitrogens is 1. The maximum atomic E-state index is 14.1. The van der Waals surface area contributed by atoms with Gasteiger partial charge < -0.3 is 25.4 Å². The van der Waals surface area contributed by atoms with E-state index in [0.29, 0.717) is 55.5 Å². The molecule has 1 saturated heterocycles. The van der Waals surface area contributed by atoms with Crippen molar-refractivity contribution in [3.05, 3.63) is 76.5 Å². The molecule has 9 nitrogen and oxygen atoms in total. The summed E-state index contributed by atoms with van der Waals surface area (Å²) in [5, 5.41) is 8.97. The molecular weight excluding hydrogens is 575 g/mol. The highest BCUT2D eigenvalue weighted by Gasteiger charge is 2.70. The van der Waals surface area contributed by atoms with E-state index < -0.39 is 29.3 Å². The van der Waals surface area contributed by atoms with Gasteiger partial charge in [-0.3, -0.25) is 14.5 Å². The van der Waals surface area contributed by atoms with Gasteiger partial charge in [-0.05, 0) is 62.2 Å². The molecule has 4 heterocycles. The number of anilines is 1. The summed E-state index contributed by atoms with van der Waals surface area (Å²) in [4.78, 5) is 31.2. The minimum Gasteiger partial charge on any atom is -0.484 e. The third-order valence-corrected chi connectivity index (χ3v) is 9.02. The van der Waals surface area contributed by atoms with Crippen molar-refractivity contribution in [2.45, 2.75) is 63.0 Å². The number of fused-ring (bicyclic) bond motifs is 4. The van der Waals surface area contributed by atoms with Gasteiger partial charge in [0.1, 0.15) is 28.7 Å². The lowest BCUT2D eigenvalue weighted by atomic mass is 10.0. The summed E-state index contributed by atoms with van der Waals surface area (Å²) in [5.74, 6) is 1.45. The van der Waals surface area contributed by atoms with Crippen LogP contribution in [0.2, 0.25) is 0 Å². The van der Waals surface area contributed by atoms with Crippen molar-refractivity contribution in [3.8, 4) is 17.2 Å². The minimum atomic E-state index is -4.59. The standard InChI is InChI=1S/C32H32F3N5O4/c1-17-15-40(12-11-36-17)16-19-4-3-18(13-23(19)32(33,34)35)30(42)39-28-27-22-14-20(5-7-25(22)44-31(27,28)2)43-24-9-10-37-29-21(24)6-8-26(41)38-29/h3-5,7,9-10,13-14,17,27-28,36H,6,8,11-12,15-16H2,1-2H3,(H,39,42)(H,37,38,41)/t17-,27-,28-,31?/m0/s1. The second-order valence-electron chi connectivity index (χ2n) is 12.2. The van der Waals surface area contributed by atoms with E-state index in [-0.39, 0.29) is 35.5 Å². The summed E-state index contributed by atoms with van der Waals surface area (Å²) < 4.78 is 54.7. The minimum absolute atomic E-state index is 0.0461. The summed E-state index contributed by atoms with van der Waals surface area (Å²) in [6.45, 7) is 6.07. The number of benzene rings is 2. The normalized spacial score (nSPS) is 25.7. The van der Waals surface area contributed by atoms with Crippen LogP contribution in [-0.4, -0.2) is 59.0 Å². The molecule has 1 aromatic heterocycles. The number of hydrogen-bond donors (Lipinski definition) is 3. The molecule has 2 fully saturated rings. The molecule has 2 amide bonds. The predicted octanol–water partition coefficient (Wildman–Crippen LogP) is 4.62. The third kappa shape index (κ3) is 5.15. The number of carbonyl (C=O) groups is 2. The number of rotatable bonds is 6. The molecule has 1 unspecified atom stereocenters. The van der Waals surface area contributed by atoms with Gasteiger partial charge in [0.25, 0.3) is 5.91 Å². The Morgan fingerprint density at radius 2 is 2.05 bits per heavy atom. The fraction of sp³-hybridized carbons (Fsp3) is 0.406. The first-order valence-corrected chi connectivity index (χ1v) is 14.7. The molecular formula is C32H32F3N5O4. The van der Waals surface area contributed by atoms with Crippen molar-refractivity contribution in [3.63, 3.8) is 0 Å². The van der Waals surface area contributed by atoms with Gasteiger partial charge in [0, 0.05) is 61.5 Å². The fourth-order valence-corrected chi connectivity index (χ4v) is 6.72. The first kappa shape index (κ1) is 28.6. The first-order valence-electron chi connectivity index (χ1n) is 14.7. The topological polar surface area (TPSA) is 105 Å². The van der Waals surface area contributed by atoms with Crippen molar-refractivity contribution in [1.29, 1.82) is 0 Å². The Hall–Kier alpha value is -4.16. The van der Waals surface area contributed by atoms with Crippen LogP contribution in [-0.2, 0) is 23.9 Å². The molecule has 1 aliphatic carbocycles. The number of ether oxygens (including phenoxy) is 2. The quantitative estimate of drug-likeness (QED) is 0.376. The van der Waals surface area contributed by atoms with E-state index in [4.69, 9.17) is 9.47 Å². The SMILES string of the molecule is C[C@H]1CN(Cc2ccc(C(=O)N[C@H]3[C@@H]4c5cc(Oc6ccnc7c6CCC(=O)N7)ccc5OC34C)cc2C(F)(F)F)CCN1. The van der Waals surface area contributed by atoms with Gasteiger partial charge in [0.15, 0.2) is 0 Å². The molecule has 7 rings (SSSR count). The smallest absolute Gasteiger partial charge is 0.416 e. The Bertz CT molecular complexity index is 1660. The lowest BCUT2D eigenvalue weighted by Gasteiger charge is -2.32. The number of pyridine rings is 1. The van der Waals surface area contributed by atoms with Gasteiger partial charge in [-0.1, -0.05) is 6.07 Å². The van der Waals surface area contributed by atoms with Gasteiger partial charge >= 0.3 is 6.18 Å². The van der Waals surface area contributed by atoms with Crippen LogP contribution in [0.25, 0.3) is 0 Å². The summed E-state index contributed by atoms with van der Waals surface area (Å²) >= 11 is 0. The average Bonchev–Trinajstić information content (AvgIpc) is 3.40. The molecule has 3 N–H and O–H groups in total. The number of amides is 2. The van der Waals surface area contributed by atoms with Crippen LogP contribution in [0.3, 0.4) is 0 Å². The van der Waals surface area contributed by atoms with Crippen molar-refractivity contribution < 1.29 is 32.2 Å². The number of nitrogens with one attached hydrogen (secondary N) is 3. The number of carbonyl (C=O) groups excluding carboxylic acids is 2. The molecule has 4 aliphatic rings. The lowest BCUT2D eigenvalue weighted by molar-refractivity contribution is -0.138. The Labute approximate surface area is 252 Å². The van der Waals surface area contributed by atoms with Gasteiger partial charge in [0.05, 0.1) is 17.5 Å². The number of halogens is 3. The van der Waals surface area contributed by atoms with Crippen molar-refractivity contribution in [2.24, 2.45) is 0 Å². The van der Waals surface area contributed by atoms with Crippen LogP contribution in [0.4, 0.5) is 19.0 Å². The van der Waals surface area contributed by atoms with Crippen molar-refractivity contribution in [1.82, 2.24) is 20.5 Å². The molecule has 3 aromatic rings. The van der Waals surface area contributed by atoms with Crippen LogP contribution in [0.1, 0.15) is 58.8 Å². The second kappa shape index (κ2) is 10.5. The van der Waals surface area contributed by atoms with E-state index in [9.17, 15) is 22.8 Å². The molecule has 230 valence electrons. The highest BCUT2D eigenvalue weighted by atomic mass is 19.4. The Balaban J connectivity index is 1.07. The van der Waals surface area contributed by atoms with E-state index in [1.54, 1.807) is 18.3 Å². The Kier molecular flexibility index (Phi) is 6.81. The Morgan fingerprint density at radius 1 is 1.20 bits per heavy atom. The number of piperazine rings is 1. The zero-order valence-electron chi connectivity index (χ0n) is 24.3.